The number of benzene rings is 2. The van der Waals surface area contributed by atoms with Crippen molar-refractivity contribution in [2.24, 2.45) is 0 Å². The average Bonchev–Trinajstić information content (AvgIpc) is 2.77. The van der Waals surface area contributed by atoms with Gasteiger partial charge in [-0.25, -0.2) is 9.59 Å². The van der Waals surface area contributed by atoms with E-state index < -0.39 is 33.5 Å². The molecule has 34 heavy (non-hydrogen) atoms. The average molecular weight is 548 g/mol. The van der Waals surface area contributed by atoms with E-state index in [1.165, 1.54) is 0 Å². The summed E-state index contributed by atoms with van der Waals surface area (Å²) in [5, 5.41) is 0.138. The molecule has 0 saturated heterocycles. The first-order valence-electron chi connectivity index (χ1n) is 9.76. The van der Waals surface area contributed by atoms with Gasteiger partial charge in [-0.15, -0.1) is 0 Å². The summed E-state index contributed by atoms with van der Waals surface area (Å²) in [7, 11) is 2.22. The Morgan fingerprint density at radius 3 is 1.12 bits per heavy atom. The van der Waals surface area contributed by atoms with Gasteiger partial charge >= 0.3 is 11.9 Å². The van der Waals surface area contributed by atoms with Crippen LogP contribution in [0.3, 0.4) is 0 Å². The largest absolute Gasteiger partial charge is 0.465 e. The molecule has 0 bridgehead atoms. The Kier molecular flexibility index (Phi) is 9.71. The Hall–Kier alpha value is -2.38. The van der Waals surface area contributed by atoms with Gasteiger partial charge in [0.25, 0.3) is 0 Å². The van der Waals surface area contributed by atoms with Crippen molar-refractivity contribution in [1.82, 2.24) is 0 Å². The summed E-state index contributed by atoms with van der Waals surface area (Å²) in [5.74, 6) is -1.46. The molecular formula is C24H22Cl4O6. The van der Waals surface area contributed by atoms with Crippen LogP contribution in [0.1, 0.15) is 22.3 Å². The standard InChI is InChI=1S/C24H22Cl4O6/c1-11-7-15(8-12(2)19(11)25)33-21(27)17(23(29)31-5)18(24(30)32-6)22(28)34-16-9-13(3)20(26)14(4)10-16/h7-10H,1-6H3/b21-17+,22-18+. The second kappa shape index (κ2) is 11.8. The molecular weight excluding hydrogens is 526 g/mol. The van der Waals surface area contributed by atoms with Gasteiger partial charge in [0, 0.05) is 10.0 Å². The first kappa shape index (κ1) is 27.9. The molecule has 182 valence electrons. The van der Waals surface area contributed by atoms with E-state index in [0.29, 0.717) is 10.0 Å². The SMILES string of the molecule is COC(=O)C(=C(\Cl)Oc1cc(C)c(Cl)c(C)c1)/C(C(=O)OC)=C(/Cl)Oc1cc(C)c(Cl)c(C)c1. The lowest BCUT2D eigenvalue weighted by Crippen LogP contribution is -2.20. The maximum Gasteiger partial charge on any atom is 0.343 e. The van der Waals surface area contributed by atoms with Crippen molar-refractivity contribution in [2.75, 3.05) is 14.2 Å². The number of esters is 2. The summed E-state index contributed by atoms with van der Waals surface area (Å²) < 4.78 is 20.9. The third-order valence-electron chi connectivity index (χ3n) is 4.66. The van der Waals surface area contributed by atoms with Gasteiger partial charge in [0.15, 0.2) is 0 Å². The lowest BCUT2D eigenvalue weighted by atomic mass is 10.1. The summed E-state index contributed by atoms with van der Waals surface area (Å²) in [6.45, 7) is 7.12. The molecule has 0 unspecified atom stereocenters. The predicted octanol–water partition coefficient (Wildman–Crippen LogP) is 6.93. The molecule has 2 aromatic carbocycles. The van der Waals surface area contributed by atoms with E-state index in [0.717, 1.165) is 36.5 Å². The van der Waals surface area contributed by atoms with Crippen molar-refractivity contribution in [3.63, 3.8) is 0 Å². The third kappa shape index (κ3) is 6.39. The van der Waals surface area contributed by atoms with Crippen molar-refractivity contribution in [3.8, 4) is 11.5 Å². The van der Waals surface area contributed by atoms with Gasteiger partial charge in [-0.1, -0.05) is 23.2 Å². The lowest BCUT2D eigenvalue weighted by Gasteiger charge is -2.15. The normalized spacial score (nSPS) is 12.4. The van der Waals surface area contributed by atoms with Crippen molar-refractivity contribution in [2.45, 2.75) is 27.7 Å². The van der Waals surface area contributed by atoms with Crippen LogP contribution in [0, 0.1) is 27.7 Å². The fraction of sp³-hybridized carbons (Fsp3) is 0.250. The van der Waals surface area contributed by atoms with Gasteiger partial charge in [0.1, 0.15) is 22.6 Å². The Balaban J connectivity index is 2.66. The van der Waals surface area contributed by atoms with Crippen LogP contribution in [-0.2, 0) is 19.1 Å². The number of ether oxygens (including phenoxy) is 4. The van der Waals surface area contributed by atoms with E-state index in [-0.39, 0.29) is 11.5 Å². The molecule has 6 nitrogen and oxygen atoms in total. The van der Waals surface area contributed by atoms with Crippen molar-refractivity contribution < 1.29 is 28.5 Å². The maximum absolute atomic E-state index is 12.7. The van der Waals surface area contributed by atoms with Crippen LogP contribution in [0.15, 0.2) is 45.8 Å². The Morgan fingerprint density at radius 1 is 0.618 bits per heavy atom. The number of hydrogen-bond donors (Lipinski definition) is 0. The van der Waals surface area contributed by atoms with E-state index in [4.69, 9.17) is 65.4 Å². The lowest BCUT2D eigenvalue weighted by molar-refractivity contribution is -0.139. The molecule has 0 atom stereocenters. The zero-order chi connectivity index (χ0) is 25.7. The second-order valence-electron chi connectivity index (χ2n) is 7.23. The highest BCUT2D eigenvalue weighted by Gasteiger charge is 2.32. The van der Waals surface area contributed by atoms with Crippen LogP contribution in [0.2, 0.25) is 10.0 Å². The van der Waals surface area contributed by atoms with E-state index >= 15 is 0 Å². The van der Waals surface area contributed by atoms with E-state index in [2.05, 4.69) is 0 Å². The minimum Gasteiger partial charge on any atom is -0.465 e. The fourth-order valence-electron chi connectivity index (χ4n) is 3.00. The number of aryl methyl sites for hydroxylation is 4. The minimum atomic E-state index is -1.00. The Morgan fingerprint density at radius 2 is 0.882 bits per heavy atom. The predicted molar refractivity (Wildman–Crippen MR) is 133 cm³/mol. The van der Waals surface area contributed by atoms with Crippen molar-refractivity contribution >= 4 is 58.3 Å². The molecule has 0 radical (unpaired) electrons. The molecule has 0 spiro atoms. The van der Waals surface area contributed by atoms with Crippen LogP contribution >= 0.6 is 46.4 Å². The highest BCUT2D eigenvalue weighted by atomic mass is 35.5. The summed E-state index contributed by atoms with van der Waals surface area (Å²) in [6.07, 6.45) is 0. The number of rotatable bonds is 7. The summed E-state index contributed by atoms with van der Waals surface area (Å²) >= 11 is 25.1. The molecule has 0 heterocycles. The fourth-order valence-corrected chi connectivity index (χ4v) is 3.74. The number of halogens is 4. The molecule has 0 aliphatic heterocycles. The van der Waals surface area contributed by atoms with Gasteiger partial charge < -0.3 is 18.9 Å². The van der Waals surface area contributed by atoms with Gasteiger partial charge in [-0.05, 0) is 97.4 Å². The van der Waals surface area contributed by atoms with E-state index in [1.54, 1.807) is 52.0 Å². The molecule has 0 aromatic heterocycles. The molecule has 2 rings (SSSR count). The number of methoxy groups -OCH3 is 2. The Labute approximate surface area is 217 Å². The Bertz CT molecular complexity index is 1060. The molecule has 0 amide bonds. The first-order valence-corrected chi connectivity index (χ1v) is 11.3. The number of carbonyl (C=O) groups is 2. The first-order chi connectivity index (χ1) is 15.9. The van der Waals surface area contributed by atoms with Crippen LogP contribution in [0.4, 0.5) is 0 Å². The van der Waals surface area contributed by atoms with Crippen LogP contribution in [0.5, 0.6) is 11.5 Å². The number of hydrogen-bond acceptors (Lipinski definition) is 6. The van der Waals surface area contributed by atoms with Crippen LogP contribution in [0.25, 0.3) is 0 Å². The van der Waals surface area contributed by atoms with Crippen LogP contribution < -0.4 is 9.47 Å². The topological polar surface area (TPSA) is 71.1 Å². The van der Waals surface area contributed by atoms with Gasteiger partial charge in [0.2, 0.25) is 10.4 Å². The molecule has 0 aliphatic carbocycles. The van der Waals surface area contributed by atoms with E-state index in [9.17, 15) is 9.59 Å². The number of carbonyl (C=O) groups excluding carboxylic acids is 2. The quantitative estimate of drug-likeness (QED) is 0.162. The van der Waals surface area contributed by atoms with Gasteiger partial charge in [0.05, 0.1) is 14.2 Å². The van der Waals surface area contributed by atoms with Crippen molar-refractivity contribution in [1.29, 1.82) is 0 Å². The zero-order valence-electron chi connectivity index (χ0n) is 19.3. The zero-order valence-corrected chi connectivity index (χ0v) is 22.3. The minimum absolute atomic E-state index is 0.274. The molecule has 0 fully saturated rings. The second-order valence-corrected chi connectivity index (χ2v) is 8.67. The smallest absolute Gasteiger partial charge is 0.343 e. The van der Waals surface area contributed by atoms with Crippen LogP contribution in [-0.4, -0.2) is 26.2 Å². The van der Waals surface area contributed by atoms with Crippen molar-refractivity contribution in [3.05, 3.63) is 78.1 Å². The summed E-state index contributed by atoms with van der Waals surface area (Å²) in [6, 6.07) is 6.47. The molecule has 2 aromatic rings. The molecule has 0 aliphatic rings. The maximum atomic E-state index is 12.7. The molecule has 0 N–H and O–H groups in total. The highest BCUT2D eigenvalue weighted by Crippen LogP contribution is 2.33. The molecule has 10 heteroatoms. The monoisotopic (exact) mass is 546 g/mol. The summed E-state index contributed by atoms with van der Waals surface area (Å²) in [4.78, 5) is 25.3. The highest BCUT2D eigenvalue weighted by molar-refractivity contribution is 6.35. The van der Waals surface area contributed by atoms with Gasteiger partial charge in [-0.2, -0.15) is 0 Å². The third-order valence-corrected chi connectivity index (χ3v) is 6.38. The summed E-state index contributed by atoms with van der Waals surface area (Å²) in [5.41, 5.74) is 1.90. The van der Waals surface area contributed by atoms with Gasteiger partial charge in [-0.3, -0.25) is 0 Å². The molecule has 0 saturated carbocycles. The van der Waals surface area contributed by atoms with E-state index in [1.807, 2.05) is 0 Å².